The van der Waals surface area contributed by atoms with Crippen LogP contribution in [0.5, 0.6) is 0 Å². The molecule has 0 fully saturated rings. The number of hydrogen-bond donors (Lipinski definition) is 3. The summed E-state index contributed by atoms with van der Waals surface area (Å²) in [5, 5.41) is 9.75. The Kier molecular flexibility index (Phi) is 6.56. The van der Waals surface area contributed by atoms with Gasteiger partial charge >= 0.3 is 0 Å². The molecular formula is C22H26N4O3S. The Morgan fingerprint density at radius 3 is 2.47 bits per heavy atom. The van der Waals surface area contributed by atoms with Gasteiger partial charge in [-0.05, 0) is 69.0 Å². The van der Waals surface area contributed by atoms with Crippen molar-refractivity contribution in [3.63, 3.8) is 0 Å². The molecule has 1 aromatic heterocycles. The van der Waals surface area contributed by atoms with E-state index in [4.69, 9.17) is 0 Å². The molecule has 1 heterocycles. The molecule has 8 heteroatoms. The van der Waals surface area contributed by atoms with Crippen LogP contribution < -0.4 is 10.0 Å². The number of anilines is 1. The Balaban J connectivity index is 1.66. The molecule has 3 rings (SSSR count). The standard InChI is InChI=1S/C22H26N4O3S/c1-15-6-9-19(10-7-15)26-30(28,29)20-11-8-16(2)21(13-20)22(27)23-12-4-5-18-14-24-25-17(18)3/h6-11,13-14,26H,4-5,12H2,1-3H3,(H,23,27)(H,24,25). The molecule has 3 N–H and O–H groups in total. The smallest absolute Gasteiger partial charge is 0.261 e. The van der Waals surface area contributed by atoms with Gasteiger partial charge in [0.15, 0.2) is 0 Å². The number of amides is 1. The minimum absolute atomic E-state index is 0.0489. The second-order valence-corrected chi connectivity index (χ2v) is 9.01. The van der Waals surface area contributed by atoms with Gasteiger partial charge in [-0.2, -0.15) is 5.10 Å². The highest BCUT2D eigenvalue weighted by Gasteiger charge is 2.18. The molecule has 30 heavy (non-hydrogen) atoms. The molecule has 0 radical (unpaired) electrons. The first kappa shape index (κ1) is 21.6. The molecule has 7 nitrogen and oxygen atoms in total. The SMILES string of the molecule is Cc1ccc(NS(=O)(=O)c2ccc(C)c(C(=O)NCCCc3cn[nH]c3C)c2)cc1. The molecule has 2 aromatic carbocycles. The average molecular weight is 427 g/mol. The van der Waals surface area contributed by atoms with Crippen molar-refractivity contribution < 1.29 is 13.2 Å². The van der Waals surface area contributed by atoms with Gasteiger partial charge in [0.25, 0.3) is 15.9 Å². The lowest BCUT2D eigenvalue weighted by Gasteiger charge is -2.12. The molecule has 0 bridgehead atoms. The van der Waals surface area contributed by atoms with Crippen LogP contribution in [0.1, 0.15) is 39.2 Å². The van der Waals surface area contributed by atoms with E-state index in [9.17, 15) is 13.2 Å². The molecule has 0 atom stereocenters. The van der Waals surface area contributed by atoms with Crippen molar-refractivity contribution in [1.29, 1.82) is 0 Å². The fourth-order valence-electron chi connectivity index (χ4n) is 3.05. The van der Waals surface area contributed by atoms with E-state index in [0.717, 1.165) is 29.7 Å². The number of rotatable bonds is 8. The van der Waals surface area contributed by atoms with E-state index in [2.05, 4.69) is 20.2 Å². The number of nitrogens with one attached hydrogen (secondary N) is 3. The number of hydrogen-bond acceptors (Lipinski definition) is 4. The third-order valence-electron chi connectivity index (χ3n) is 4.91. The van der Waals surface area contributed by atoms with Crippen LogP contribution in [0.2, 0.25) is 0 Å². The highest BCUT2D eigenvalue weighted by Crippen LogP contribution is 2.20. The van der Waals surface area contributed by atoms with Gasteiger partial charge in [-0.25, -0.2) is 8.42 Å². The summed E-state index contributed by atoms with van der Waals surface area (Å²) in [7, 11) is -3.80. The zero-order chi connectivity index (χ0) is 21.7. The second kappa shape index (κ2) is 9.13. The van der Waals surface area contributed by atoms with Crippen LogP contribution in [0.25, 0.3) is 0 Å². The van der Waals surface area contributed by atoms with E-state index in [0.29, 0.717) is 23.4 Å². The van der Waals surface area contributed by atoms with Gasteiger partial charge in [-0.1, -0.05) is 23.8 Å². The summed E-state index contributed by atoms with van der Waals surface area (Å²) in [4.78, 5) is 12.7. The topological polar surface area (TPSA) is 104 Å². The fraction of sp³-hybridized carbons (Fsp3) is 0.273. The summed E-state index contributed by atoms with van der Waals surface area (Å²) >= 11 is 0. The van der Waals surface area contributed by atoms with E-state index >= 15 is 0 Å². The van der Waals surface area contributed by atoms with Gasteiger partial charge < -0.3 is 5.32 Å². The van der Waals surface area contributed by atoms with Gasteiger partial charge in [0.05, 0.1) is 11.1 Å². The number of carbonyl (C=O) groups is 1. The lowest BCUT2D eigenvalue weighted by Crippen LogP contribution is -2.26. The number of nitrogens with zero attached hydrogens (tertiary/aromatic N) is 1. The highest BCUT2D eigenvalue weighted by atomic mass is 32.2. The predicted octanol–water partition coefficient (Wildman–Crippen LogP) is 3.50. The van der Waals surface area contributed by atoms with Crippen molar-refractivity contribution in [3.8, 4) is 0 Å². The second-order valence-electron chi connectivity index (χ2n) is 7.33. The maximum absolute atomic E-state index is 12.7. The van der Waals surface area contributed by atoms with E-state index < -0.39 is 10.0 Å². The lowest BCUT2D eigenvalue weighted by molar-refractivity contribution is 0.0952. The van der Waals surface area contributed by atoms with Crippen molar-refractivity contribution in [2.45, 2.75) is 38.5 Å². The molecule has 0 saturated carbocycles. The maximum Gasteiger partial charge on any atom is 0.261 e. The van der Waals surface area contributed by atoms with Crippen molar-refractivity contribution in [2.24, 2.45) is 0 Å². The first-order valence-corrected chi connectivity index (χ1v) is 11.2. The Labute approximate surface area is 177 Å². The third kappa shape index (κ3) is 5.27. The Hall–Kier alpha value is -3.13. The summed E-state index contributed by atoms with van der Waals surface area (Å²) < 4.78 is 28.0. The van der Waals surface area contributed by atoms with Crippen molar-refractivity contribution in [3.05, 3.63) is 76.6 Å². The van der Waals surface area contributed by atoms with E-state index in [-0.39, 0.29) is 10.8 Å². The van der Waals surface area contributed by atoms with E-state index in [1.807, 2.05) is 26.0 Å². The number of aromatic amines is 1. The van der Waals surface area contributed by atoms with Gasteiger partial charge in [-0.3, -0.25) is 14.6 Å². The molecule has 0 unspecified atom stereocenters. The van der Waals surface area contributed by atoms with Crippen LogP contribution in [0.4, 0.5) is 5.69 Å². The summed E-state index contributed by atoms with van der Waals surface area (Å²) in [5.74, 6) is -0.288. The summed E-state index contributed by atoms with van der Waals surface area (Å²) in [6.07, 6.45) is 3.35. The maximum atomic E-state index is 12.7. The van der Waals surface area contributed by atoms with Crippen LogP contribution in [0.3, 0.4) is 0 Å². The number of benzene rings is 2. The molecule has 0 aliphatic rings. The molecule has 0 aliphatic heterocycles. The van der Waals surface area contributed by atoms with Crippen molar-refractivity contribution in [1.82, 2.24) is 15.5 Å². The monoisotopic (exact) mass is 426 g/mol. The average Bonchev–Trinajstić information content (AvgIpc) is 3.11. The quantitative estimate of drug-likeness (QED) is 0.480. The molecule has 0 saturated heterocycles. The van der Waals surface area contributed by atoms with Gasteiger partial charge in [-0.15, -0.1) is 0 Å². The zero-order valence-electron chi connectivity index (χ0n) is 17.3. The Bertz CT molecular complexity index is 1140. The highest BCUT2D eigenvalue weighted by molar-refractivity contribution is 7.92. The number of carbonyl (C=O) groups excluding carboxylic acids is 1. The van der Waals surface area contributed by atoms with Crippen LogP contribution in [0.15, 0.2) is 53.6 Å². The molecule has 1 amide bonds. The van der Waals surface area contributed by atoms with E-state index in [1.54, 1.807) is 31.3 Å². The van der Waals surface area contributed by atoms with Gasteiger partial charge in [0, 0.05) is 23.5 Å². The Morgan fingerprint density at radius 1 is 1.07 bits per heavy atom. The van der Waals surface area contributed by atoms with Crippen LogP contribution >= 0.6 is 0 Å². The molecule has 0 spiro atoms. The fourth-order valence-corrected chi connectivity index (χ4v) is 4.14. The van der Waals surface area contributed by atoms with E-state index in [1.165, 1.54) is 12.1 Å². The summed E-state index contributed by atoms with van der Waals surface area (Å²) in [6, 6.07) is 11.6. The summed E-state index contributed by atoms with van der Waals surface area (Å²) in [6.45, 7) is 6.16. The first-order valence-electron chi connectivity index (χ1n) is 9.73. The van der Waals surface area contributed by atoms with Crippen molar-refractivity contribution >= 4 is 21.6 Å². The van der Waals surface area contributed by atoms with Crippen LogP contribution in [0, 0.1) is 20.8 Å². The van der Waals surface area contributed by atoms with Gasteiger partial charge in [0.1, 0.15) is 0 Å². The number of H-pyrrole nitrogens is 1. The number of aryl methyl sites for hydroxylation is 4. The van der Waals surface area contributed by atoms with Crippen LogP contribution in [-0.4, -0.2) is 31.1 Å². The minimum atomic E-state index is -3.80. The largest absolute Gasteiger partial charge is 0.352 e. The third-order valence-corrected chi connectivity index (χ3v) is 6.29. The molecule has 158 valence electrons. The zero-order valence-corrected chi connectivity index (χ0v) is 18.1. The normalized spacial score (nSPS) is 11.3. The summed E-state index contributed by atoms with van der Waals surface area (Å²) in [5.41, 5.74) is 4.72. The van der Waals surface area contributed by atoms with Gasteiger partial charge in [0.2, 0.25) is 0 Å². The Morgan fingerprint density at radius 2 is 1.80 bits per heavy atom. The molecule has 3 aromatic rings. The van der Waals surface area contributed by atoms with Crippen LogP contribution in [-0.2, 0) is 16.4 Å². The first-order chi connectivity index (χ1) is 14.3. The predicted molar refractivity (Wildman–Crippen MR) is 117 cm³/mol. The molecular weight excluding hydrogens is 400 g/mol. The minimum Gasteiger partial charge on any atom is -0.352 e. The number of sulfonamides is 1. The lowest BCUT2D eigenvalue weighted by atomic mass is 10.1. The molecule has 0 aliphatic carbocycles. The number of aromatic nitrogens is 2. The van der Waals surface area contributed by atoms with Crippen molar-refractivity contribution in [2.75, 3.05) is 11.3 Å².